The SMILES string of the molecule is COCC(=O)NCc1ccc(-c2cc(NC(=O)C3(c4ccc5c(c4)OCO5)CC3)ccc2C)cc1. The molecule has 3 aromatic carbocycles. The minimum Gasteiger partial charge on any atom is -0.454 e. The van der Waals surface area contributed by atoms with Crippen molar-refractivity contribution in [3.8, 4) is 22.6 Å². The van der Waals surface area contributed by atoms with E-state index >= 15 is 0 Å². The summed E-state index contributed by atoms with van der Waals surface area (Å²) in [5, 5.41) is 5.96. The van der Waals surface area contributed by atoms with Gasteiger partial charge in [0.05, 0.1) is 5.41 Å². The lowest BCUT2D eigenvalue weighted by atomic mass is 9.94. The van der Waals surface area contributed by atoms with Gasteiger partial charge >= 0.3 is 0 Å². The molecule has 0 radical (unpaired) electrons. The number of hydrogen-bond acceptors (Lipinski definition) is 5. The third-order valence-electron chi connectivity index (χ3n) is 6.64. The molecule has 1 saturated carbocycles. The van der Waals surface area contributed by atoms with Crippen LogP contribution in [-0.4, -0.2) is 32.3 Å². The molecule has 35 heavy (non-hydrogen) atoms. The van der Waals surface area contributed by atoms with Crippen molar-refractivity contribution in [3.05, 3.63) is 77.4 Å². The predicted molar refractivity (Wildman–Crippen MR) is 132 cm³/mol. The van der Waals surface area contributed by atoms with Gasteiger partial charge in [-0.2, -0.15) is 0 Å². The Balaban J connectivity index is 1.30. The summed E-state index contributed by atoms with van der Waals surface area (Å²) in [5.74, 6) is 1.26. The zero-order valence-electron chi connectivity index (χ0n) is 19.9. The highest BCUT2D eigenvalue weighted by atomic mass is 16.7. The quantitative estimate of drug-likeness (QED) is 0.510. The second kappa shape index (κ2) is 9.43. The Morgan fingerprint density at radius 2 is 1.74 bits per heavy atom. The lowest BCUT2D eigenvalue weighted by Crippen LogP contribution is -2.27. The second-order valence-corrected chi connectivity index (χ2v) is 9.04. The number of carbonyl (C=O) groups is 2. The fraction of sp³-hybridized carbons (Fsp3) is 0.286. The van der Waals surface area contributed by atoms with Gasteiger partial charge in [0.25, 0.3) is 0 Å². The first-order chi connectivity index (χ1) is 17.0. The van der Waals surface area contributed by atoms with E-state index in [-0.39, 0.29) is 25.2 Å². The number of rotatable bonds is 8. The fourth-order valence-electron chi connectivity index (χ4n) is 4.41. The monoisotopic (exact) mass is 472 g/mol. The molecule has 1 fully saturated rings. The maximum atomic E-state index is 13.3. The van der Waals surface area contributed by atoms with Crippen molar-refractivity contribution in [2.45, 2.75) is 31.7 Å². The Hall–Kier alpha value is -3.84. The van der Waals surface area contributed by atoms with E-state index in [9.17, 15) is 9.59 Å². The van der Waals surface area contributed by atoms with Crippen molar-refractivity contribution in [2.75, 3.05) is 25.8 Å². The molecule has 1 heterocycles. The molecule has 2 aliphatic rings. The summed E-state index contributed by atoms with van der Waals surface area (Å²) in [6, 6.07) is 19.8. The highest BCUT2D eigenvalue weighted by molar-refractivity contribution is 6.02. The number of methoxy groups -OCH3 is 1. The molecule has 0 aromatic heterocycles. The van der Waals surface area contributed by atoms with Gasteiger partial charge in [0, 0.05) is 19.3 Å². The number of fused-ring (bicyclic) bond motifs is 1. The maximum Gasteiger partial charge on any atom is 0.246 e. The summed E-state index contributed by atoms with van der Waals surface area (Å²) in [4.78, 5) is 24.9. The normalized spacial score (nSPS) is 14.9. The molecule has 7 nitrogen and oxygen atoms in total. The average molecular weight is 473 g/mol. The molecule has 2 N–H and O–H groups in total. The molecule has 0 bridgehead atoms. The summed E-state index contributed by atoms with van der Waals surface area (Å²) in [7, 11) is 1.50. The Bertz CT molecular complexity index is 1260. The number of aryl methyl sites for hydroxylation is 1. The Kier molecular flexibility index (Phi) is 6.17. The third kappa shape index (κ3) is 4.72. The van der Waals surface area contributed by atoms with Crippen LogP contribution in [0.5, 0.6) is 11.5 Å². The molecular formula is C28H28N2O5. The topological polar surface area (TPSA) is 85.9 Å². The van der Waals surface area contributed by atoms with Crippen LogP contribution in [0.2, 0.25) is 0 Å². The zero-order chi connectivity index (χ0) is 24.4. The molecule has 0 spiro atoms. The van der Waals surface area contributed by atoms with E-state index in [4.69, 9.17) is 14.2 Å². The largest absolute Gasteiger partial charge is 0.454 e. The molecule has 1 aliphatic carbocycles. The summed E-state index contributed by atoms with van der Waals surface area (Å²) >= 11 is 0. The Morgan fingerprint density at radius 3 is 2.49 bits per heavy atom. The van der Waals surface area contributed by atoms with Crippen molar-refractivity contribution in [3.63, 3.8) is 0 Å². The molecule has 180 valence electrons. The predicted octanol–water partition coefficient (Wildman–Crippen LogP) is 4.32. The van der Waals surface area contributed by atoms with Crippen LogP contribution < -0.4 is 20.1 Å². The van der Waals surface area contributed by atoms with E-state index in [2.05, 4.69) is 17.6 Å². The van der Waals surface area contributed by atoms with Crippen molar-refractivity contribution in [2.24, 2.45) is 0 Å². The number of nitrogens with one attached hydrogen (secondary N) is 2. The van der Waals surface area contributed by atoms with E-state index < -0.39 is 5.41 Å². The maximum absolute atomic E-state index is 13.3. The number of ether oxygens (including phenoxy) is 3. The highest BCUT2D eigenvalue weighted by Gasteiger charge is 2.51. The van der Waals surface area contributed by atoms with Gasteiger partial charge in [-0.15, -0.1) is 0 Å². The number of hydrogen-bond donors (Lipinski definition) is 2. The van der Waals surface area contributed by atoms with Gasteiger partial charge in [-0.1, -0.05) is 36.4 Å². The van der Waals surface area contributed by atoms with Crippen LogP contribution in [0.4, 0.5) is 5.69 Å². The summed E-state index contributed by atoms with van der Waals surface area (Å²) < 4.78 is 15.7. The lowest BCUT2D eigenvalue weighted by molar-refractivity contribution is -0.124. The first-order valence-electron chi connectivity index (χ1n) is 11.7. The van der Waals surface area contributed by atoms with E-state index in [1.54, 1.807) is 0 Å². The fourth-order valence-corrected chi connectivity index (χ4v) is 4.41. The number of benzene rings is 3. The van der Waals surface area contributed by atoms with E-state index in [0.29, 0.717) is 12.3 Å². The van der Waals surface area contributed by atoms with Crippen LogP contribution in [0.3, 0.4) is 0 Å². The van der Waals surface area contributed by atoms with Crippen molar-refractivity contribution >= 4 is 17.5 Å². The summed E-state index contributed by atoms with van der Waals surface area (Å²) in [6.07, 6.45) is 1.61. The summed E-state index contributed by atoms with van der Waals surface area (Å²) in [5.41, 5.74) is 5.40. The van der Waals surface area contributed by atoms with Crippen LogP contribution >= 0.6 is 0 Å². The third-order valence-corrected chi connectivity index (χ3v) is 6.64. The van der Waals surface area contributed by atoms with Gasteiger partial charge in [0.2, 0.25) is 18.6 Å². The standard InChI is InChI=1S/C28H28N2O5/c1-18-3-9-22(14-23(18)20-6-4-19(5-7-20)15-29-26(31)16-33-2)30-27(32)28(11-12-28)21-8-10-24-25(13-21)35-17-34-24/h3-10,13-14H,11-12,15-17H2,1-2H3,(H,29,31)(H,30,32). The zero-order valence-corrected chi connectivity index (χ0v) is 19.9. The number of anilines is 1. The molecule has 3 aromatic rings. The lowest BCUT2D eigenvalue weighted by Gasteiger charge is -2.17. The van der Waals surface area contributed by atoms with Crippen LogP contribution in [0.15, 0.2) is 60.7 Å². The van der Waals surface area contributed by atoms with Crippen molar-refractivity contribution in [1.29, 1.82) is 0 Å². The first kappa shape index (κ1) is 22.9. The second-order valence-electron chi connectivity index (χ2n) is 9.04. The molecule has 0 unspecified atom stereocenters. The van der Waals surface area contributed by atoms with Gasteiger partial charge < -0.3 is 24.8 Å². The Labute approximate surface area is 204 Å². The van der Waals surface area contributed by atoms with Crippen molar-refractivity contribution in [1.82, 2.24) is 5.32 Å². The van der Waals surface area contributed by atoms with Crippen molar-refractivity contribution < 1.29 is 23.8 Å². The van der Waals surface area contributed by atoms with Crippen LogP contribution in [0.25, 0.3) is 11.1 Å². The smallest absolute Gasteiger partial charge is 0.246 e. The van der Waals surface area contributed by atoms with Gasteiger partial charge in [-0.3, -0.25) is 9.59 Å². The van der Waals surface area contributed by atoms with Crippen LogP contribution in [0, 0.1) is 6.92 Å². The summed E-state index contributed by atoms with van der Waals surface area (Å²) in [6.45, 7) is 2.76. The number of amides is 2. The highest BCUT2D eigenvalue weighted by Crippen LogP contribution is 2.51. The van der Waals surface area contributed by atoms with Crippen LogP contribution in [-0.2, 0) is 26.3 Å². The average Bonchev–Trinajstić information content (AvgIpc) is 3.55. The van der Waals surface area contributed by atoms with Gasteiger partial charge in [0.1, 0.15) is 6.61 Å². The minimum absolute atomic E-state index is 0.00619. The molecular weight excluding hydrogens is 444 g/mol. The molecule has 1 aliphatic heterocycles. The first-order valence-corrected chi connectivity index (χ1v) is 11.7. The molecule has 7 heteroatoms. The van der Waals surface area contributed by atoms with Gasteiger partial charge in [-0.05, 0) is 71.8 Å². The molecule has 2 amide bonds. The van der Waals surface area contributed by atoms with Gasteiger partial charge in [0.15, 0.2) is 11.5 Å². The molecule has 5 rings (SSSR count). The Morgan fingerprint density at radius 1 is 0.971 bits per heavy atom. The molecule has 0 atom stereocenters. The molecule has 0 saturated heterocycles. The van der Waals surface area contributed by atoms with E-state index in [1.807, 2.05) is 60.7 Å². The van der Waals surface area contributed by atoms with Gasteiger partial charge in [-0.25, -0.2) is 0 Å². The van der Waals surface area contributed by atoms with E-state index in [1.165, 1.54) is 7.11 Å². The van der Waals surface area contributed by atoms with Crippen LogP contribution in [0.1, 0.15) is 29.5 Å². The minimum atomic E-state index is -0.527. The number of carbonyl (C=O) groups excluding carboxylic acids is 2. The van der Waals surface area contributed by atoms with E-state index in [0.717, 1.165) is 52.1 Å².